The lowest BCUT2D eigenvalue weighted by Crippen LogP contribution is -2.48. The number of benzene rings is 1. The number of ether oxygens (including phenoxy) is 1. The third kappa shape index (κ3) is 3.38. The molecule has 0 fully saturated rings. The van der Waals surface area contributed by atoms with Gasteiger partial charge in [0.05, 0.1) is 12.3 Å². The van der Waals surface area contributed by atoms with E-state index in [1.807, 2.05) is 36.9 Å². The van der Waals surface area contributed by atoms with Crippen LogP contribution in [0.3, 0.4) is 0 Å². The van der Waals surface area contributed by atoms with E-state index in [-0.39, 0.29) is 18.4 Å². The van der Waals surface area contributed by atoms with Crippen molar-refractivity contribution >= 4 is 11.6 Å². The van der Waals surface area contributed by atoms with Crippen molar-refractivity contribution in [3.8, 4) is 5.75 Å². The second-order valence-corrected chi connectivity index (χ2v) is 6.42. The molecule has 1 aliphatic heterocycles. The second kappa shape index (κ2) is 6.48. The molecule has 4 nitrogen and oxygen atoms in total. The van der Waals surface area contributed by atoms with E-state index < -0.39 is 6.10 Å². The molecule has 0 spiro atoms. The fourth-order valence-corrected chi connectivity index (χ4v) is 2.47. The van der Waals surface area contributed by atoms with Crippen LogP contribution in [0.2, 0.25) is 0 Å². The van der Waals surface area contributed by atoms with Gasteiger partial charge in [0.15, 0.2) is 6.10 Å². The van der Waals surface area contributed by atoms with Crippen LogP contribution in [-0.4, -0.2) is 23.7 Å². The van der Waals surface area contributed by atoms with E-state index in [1.54, 1.807) is 0 Å². The van der Waals surface area contributed by atoms with Gasteiger partial charge in [0.25, 0.3) is 5.91 Å². The number of aliphatic hydroxyl groups excluding tert-OH is 1. The summed E-state index contributed by atoms with van der Waals surface area (Å²) in [4.78, 5) is 14.5. The Labute approximate surface area is 126 Å². The summed E-state index contributed by atoms with van der Waals surface area (Å²) in [5, 5.41) is 9.27. The van der Waals surface area contributed by atoms with Crippen LogP contribution < -0.4 is 9.64 Å². The zero-order valence-electron chi connectivity index (χ0n) is 13.3. The van der Waals surface area contributed by atoms with Crippen molar-refractivity contribution in [1.29, 1.82) is 0 Å². The summed E-state index contributed by atoms with van der Waals surface area (Å²) < 4.78 is 5.88. The maximum absolute atomic E-state index is 12.6. The first-order valence-corrected chi connectivity index (χ1v) is 7.65. The minimum absolute atomic E-state index is 0.0249. The van der Waals surface area contributed by atoms with Gasteiger partial charge in [0, 0.05) is 6.54 Å². The molecule has 0 bridgehead atoms. The quantitative estimate of drug-likeness (QED) is 0.907. The molecule has 0 aromatic heterocycles. The van der Waals surface area contributed by atoms with E-state index in [2.05, 4.69) is 13.8 Å². The van der Waals surface area contributed by atoms with Crippen molar-refractivity contribution in [1.82, 2.24) is 0 Å². The lowest BCUT2D eigenvalue weighted by atomic mass is 10.0. The Kier molecular flexibility index (Phi) is 4.88. The summed E-state index contributed by atoms with van der Waals surface area (Å²) in [5.41, 5.74) is 1.61. The second-order valence-electron chi connectivity index (χ2n) is 6.42. The van der Waals surface area contributed by atoms with Crippen molar-refractivity contribution in [2.24, 2.45) is 11.8 Å². The zero-order chi connectivity index (χ0) is 15.6. The fraction of sp³-hybridized carbons (Fsp3) is 0.588. The number of fused-ring (bicyclic) bond motifs is 1. The molecule has 1 aliphatic rings. The van der Waals surface area contributed by atoms with Gasteiger partial charge in [-0.2, -0.15) is 0 Å². The normalized spacial score (nSPS) is 18.1. The largest absolute Gasteiger partial charge is 0.478 e. The van der Waals surface area contributed by atoms with Crippen molar-refractivity contribution in [2.75, 3.05) is 11.4 Å². The Morgan fingerprint density at radius 3 is 2.57 bits per heavy atom. The van der Waals surface area contributed by atoms with E-state index in [4.69, 9.17) is 4.74 Å². The van der Waals surface area contributed by atoms with Crippen molar-refractivity contribution < 1.29 is 14.6 Å². The van der Waals surface area contributed by atoms with Crippen LogP contribution in [0.25, 0.3) is 0 Å². The Bertz CT molecular complexity index is 511. The highest BCUT2D eigenvalue weighted by Crippen LogP contribution is 2.36. The van der Waals surface area contributed by atoms with E-state index >= 15 is 0 Å². The lowest BCUT2D eigenvalue weighted by molar-refractivity contribution is -0.128. The molecular formula is C17H25NO3. The molecule has 0 saturated heterocycles. The Morgan fingerprint density at radius 1 is 1.29 bits per heavy atom. The van der Waals surface area contributed by atoms with E-state index in [1.165, 1.54) is 0 Å². The van der Waals surface area contributed by atoms with Crippen LogP contribution in [0.4, 0.5) is 5.69 Å². The topological polar surface area (TPSA) is 49.8 Å². The molecule has 0 aliphatic carbocycles. The number of aliphatic hydroxyl groups is 1. The average Bonchev–Trinajstić information content (AvgIpc) is 2.44. The minimum Gasteiger partial charge on any atom is -0.478 e. The number of carbonyl (C=O) groups is 1. The summed E-state index contributed by atoms with van der Waals surface area (Å²) in [5.74, 6) is 1.39. The van der Waals surface area contributed by atoms with Gasteiger partial charge in [-0.1, -0.05) is 33.8 Å². The molecule has 4 heteroatoms. The van der Waals surface area contributed by atoms with Gasteiger partial charge in [0.1, 0.15) is 5.75 Å². The average molecular weight is 291 g/mol. The van der Waals surface area contributed by atoms with Crippen molar-refractivity contribution in [2.45, 2.75) is 46.8 Å². The number of anilines is 1. The number of amides is 1. The van der Waals surface area contributed by atoms with Crippen molar-refractivity contribution in [3.05, 3.63) is 23.8 Å². The van der Waals surface area contributed by atoms with Gasteiger partial charge in [-0.05, 0) is 36.0 Å². The smallest absolute Gasteiger partial charge is 0.268 e. The van der Waals surface area contributed by atoms with Gasteiger partial charge in [-0.15, -0.1) is 0 Å². The maximum Gasteiger partial charge on any atom is 0.268 e. The predicted octanol–water partition coefficient (Wildman–Crippen LogP) is 2.98. The minimum atomic E-state index is -0.446. The molecule has 0 saturated carbocycles. The molecule has 1 heterocycles. The van der Waals surface area contributed by atoms with Gasteiger partial charge in [-0.3, -0.25) is 4.79 Å². The number of rotatable bonds is 5. The van der Waals surface area contributed by atoms with Crippen LogP contribution in [0.1, 0.15) is 39.7 Å². The molecule has 21 heavy (non-hydrogen) atoms. The Hall–Kier alpha value is -1.55. The molecule has 2 rings (SSSR count). The van der Waals surface area contributed by atoms with Crippen LogP contribution in [-0.2, 0) is 11.4 Å². The SMILES string of the molecule is CC(C)CCN1C(=O)C(C(C)C)Oc2cc(CO)ccc21. The highest BCUT2D eigenvalue weighted by atomic mass is 16.5. The van der Waals surface area contributed by atoms with E-state index in [9.17, 15) is 9.90 Å². The number of hydrogen-bond acceptors (Lipinski definition) is 3. The van der Waals surface area contributed by atoms with Crippen LogP contribution >= 0.6 is 0 Å². The van der Waals surface area contributed by atoms with Crippen LogP contribution in [0.5, 0.6) is 5.75 Å². The number of carbonyl (C=O) groups excluding carboxylic acids is 1. The molecule has 1 N–H and O–H groups in total. The number of nitrogens with zero attached hydrogens (tertiary/aromatic N) is 1. The van der Waals surface area contributed by atoms with E-state index in [0.717, 1.165) is 17.7 Å². The summed E-state index contributed by atoms with van der Waals surface area (Å²) >= 11 is 0. The van der Waals surface area contributed by atoms with Gasteiger partial charge >= 0.3 is 0 Å². The molecule has 1 aromatic rings. The predicted molar refractivity (Wildman–Crippen MR) is 83.4 cm³/mol. The van der Waals surface area contributed by atoms with Gasteiger partial charge in [-0.25, -0.2) is 0 Å². The van der Waals surface area contributed by atoms with E-state index in [0.29, 0.717) is 18.2 Å². The summed E-state index contributed by atoms with van der Waals surface area (Å²) in [7, 11) is 0. The summed E-state index contributed by atoms with van der Waals surface area (Å²) in [6.07, 6.45) is 0.510. The third-order valence-electron chi connectivity index (χ3n) is 3.80. The number of hydrogen-bond donors (Lipinski definition) is 1. The molecule has 1 aromatic carbocycles. The lowest BCUT2D eigenvalue weighted by Gasteiger charge is -2.36. The fourth-order valence-electron chi connectivity index (χ4n) is 2.47. The molecule has 116 valence electrons. The monoisotopic (exact) mass is 291 g/mol. The van der Waals surface area contributed by atoms with Gasteiger partial charge in [0.2, 0.25) is 0 Å². The first-order chi connectivity index (χ1) is 9.93. The third-order valence-corrected chi connectivity index (χ3v) is 3.80. The molecule has 0 radical (unpaired) electrons. The van der Waals surface area contributed by atoms with Crippen molar-refractivity contribution in [3.63, 3.8) is 0 Å². The van der Waals surface area contributed by atoms with Crippen LogP contribution in [0, 0.1) is 11.8 Å². The van der Waals surface area contributed by atoms with Crippen LogP contribution in [0.15, 0.2) is 18.2 Å². The Balaban J connectivity index is 2.36. The summed E-state index contributed by atoms with van der Waals surface area (Å²) in [6, 6.07) is 5.54. The highest BCUT2D eigenvalue weighted by Gasteiger charge is 2.36. The standard InChI is InChI=1S/C17H25NO3/c1-11(2)7-8-18-14-6-5-13(10-19)9-15(14)21-16(12(3)4)17(18)20/h5-6,9,11-12,16,19H,7-8,10H2,1-4H3. The summed E-state index contributed by atoms with van der Waals surface area (Å²) in [6.45, 7) is 8.97. The molecule has 1 atom stereocenters. The molecular weight excluding hydrogens is 266 g/mol. The first kappa shape index (κ1) is 15.8. The Morgan fingerprint density at radius 2 is 2.00 bits per heavy atom. The maximum atomic E-state index is 12.6. The zero-order valence-corrected chi connectivity index (χ0v) is 13.3. The molecule has 1 unspecified atom stereocenters. The highest BCUT2D eigenvalue weighted by molar-refractivity contribution is 6.00. The first-order valence-electron chi connectivity index (χ1n) is 7.65. The van der Waals surface area contributed by atoms with Gasteiger partial charge < -0.3 is 14.7 Å². The molecule has 1 amide bonds.